The zero-order valence-electron chi connectivity index (χ0n) is 46.0. The van der Waals surface area contributed by atoms with Gasteiger partial charge < -0.3 is 28.0 Å². The molecule has 0 spiro atoms. The van der Waals surface area contributed by atoms with E-state index in [0.29, 0.717) is 61.0 Å². The molecule has 6 aromatic rings. The smallest absolute Gasteiger partial charge is 0.319 e. The molecule has 0 radical (unpaired) electrons. The van der Waals surface area contributed by atoms with Gasteiger partial charge >= 0.3 is 8.25 Å². The minimum Gasteiger partial charge on any atom is -0.489 e. The lowest BCUT2D eigenvalue weighted by Gasteiger charge is -2.31. The average Bonchev–Trinajstić information content (AvgIpc) is 4.37. The van der Waals surface area contributed by atoms with Gasteiger partial charge in [0.15, 0.2) is 0 Å². The summed E-state index contributed by atoms with van der Waals surface area (Å²) in [4.78, 5) is 12.9. The van der Waals surface area contributed by atoms with Crippen molar-refractivity contribution in [1.29, 1.82) is 0 Å². The van der Waals surface area contributed by atoms with Crippen LogP contribution in [0.5, 0.6) is 23.3 Å². The Kier molecular flexibility index (Phi) is 19.4. The van der Waals surface area contributed by atoms with E-state index in [1.807, 2.05) is 48.5 Å². The Morgan fingerprint density at radius 2 is 0.934 bits per heavy atom. The summed E-state index contributed by atoms with van der Waals surface area (Å²) in [6, 6.07) is 32.8. The van der Waals surface area contributed by atoms with E-state index in [1.165, 1.54) is 26.6 Å². The van der Waals surface area contributed by atoms with Crippen molar-refractivity contribution in [2.75, 3.05) is 27.4 Å². The molecule has 0 aliphatic heterocycles. The highest BCUT2D eigenvalue weighted by Crippen LogP contribution is 2.47. The van der Waals surface area contributed by atoms with Crippen LogP contribution in [-0.2, 0) is 39.9 Å². The lowest BCUT2D eigenvalue weighted by Crippen LogP contribution is -2.36. The van der Waals surface area contributed by atoms with Crippen molar-refractivity contribution in [3.63, 3.8) is 0 Å². The summed E-state index contributed by atoms with van der Waals surface area (Å²) >= 11 is 0. The summed E-state index contributed by atoms with van der Waals surface area (Å²) in [5.41, 5.74) is 8.54. The van der Waals surface area contributed by atoms with Crippen LogP contribution < -0.4 is 18.9 Å². The van der Waals surface area contributed by atoms with Crippen molar-refractivity contribution in [3.05, 3.63) is 154 Å². The van der Waals surface area contributed by atoms with Crippen LogP contribution in [0.25, 0.3) is 22.3 Å². The van der Waals surface area contributed by atoms with Gasteiger partial charge in [-0.15, -0.1) is 0 Å². The van der Waals surface area contributed by atoms with Gasteiger partial charge in [0.1, 0.15) is 36.3 Å². The van der Waals surface area contributed by atoms with E-state index < -0.39 is 19.9 Å². The van der Waals surface area contributed by atoms with Gasteiger partial charge in [-0.25, -0.2) is 18.7 Å². The first-order valence-electron chi connectivity index (χ1n) is 27.0. The van der Waals surface area contributed by atoms with Crippen molar-refractivity contribution in [1.82, 2.24) is 19.8 Å². The number of methoxy groups -OCH3 is 2. The molecule has 0 amide bonds. The Hall–Kier alpha value is -5.69. The van der Waals surface area contributed by atoms with E-state index in [-0.39, 0.29) is 49.2 Å². The van der Waals surface area contributed by atoms with Crippen LogP contribution in [-0.4, -0.2) is 71.4 Å². The van der Waals surface area contributed by atoms with Crippen molar-refractivity contribution < 1.29 is 41.3 Å². The van der Waals surface area contributed by atoms with Gasteiger partial charge in [0.05, 0.1) is 39.8 Å². The van der Waals surface area contributed by atoms with E-state index in [2.05, 4.69) is 112 Å². The number of pyridine rings is 2. The third-order valence-electron chi connectivity index (χ3n) is 14.9. The lowest BCUT2D eigenvalue weighted by atomic mass is 9.95. The van der Waals surface area contributed by atoms with Gasteiger partial charge in [0.25, 0.3) is 0 Å². The zero-order valence-corrected chi connectivity index (χ0v) is 47.0. The molecule has 406 valence electrons. The molecule has 0 bridgehead atoms. The molecule has 2 heterocycles. The predicted octanol–water partition coefficient (Wildman–Crippen LogP) is 14.6. The van der Waals surface area contributed by atoms with E-state index in [0.717, 1.165) is 81.7 Å². The second-order valence-corrected chi connectivity index (χ2v) is 22.7. The molecule has 0 N–H and O–H groups in total. The molecule has 2 aliphatic carbocycles. The number of benzene rings is 4. The van der Waals surface area contributed by atoms with E-state index in [4.69, 9.17) is 28.0 Å². The largest absolute Gasteiger partial charge is 0.489 e. The van der Waals surface area contributed by atoms with Crippen molar-refractivity contribution in [2.45, 2.75) is 143 Å². The summed E-state index contributed by atoms with van der Waals surface area (Å²) in [5, 5.41) is 0. The molecule has 2 aliphatic rings. The highest BCUT2D eigenvalue weighted by molar-refractivity contribution is 7.33. The first kappa shape index (κ1) is 56.5. The minimum atomic E-state index is -2.81. The molecule has 8 rings (SSSR count). The zero-order chi connectivity index (χ0) is 54.0. The van der Waals surface area contributed by atoms with Crippen LogP contribution in [0.2, 0.25) is 0 Å². The van der Waals surface area contributed by atoms with Crippen molar-refractivity contribution in [2.24, 2.45) is 11.8 Å². The number of rotatable bonds is 28. The fourth-order valence-electron chi connectivity index (χ4n) is 10.4. The Morgan fingerprint density at radius 1 is 0.539 bits per heavy atom. The molecular formula is C62H77F2N4O7P. The molecule has 11 nitrogen and oxygen atoms in total. The van der Waals surface area contributed by atoms with Crippen LogP contribution in [0.1, 0.15) is 126 Å². The van der Waals surface area contributed by atoms with E-state index in [9.17, 15) is 4.57 Å². The van der Waals surface area contributed by atoms with Crippen molar-refractivity contribution >= 4 is 8.25 Å². The van der Waals surface area contributed by atoms with Crippen molar-refractivity contribution in [3.8, 4) is 45.5 Å². The molecule has 4 aromatic carbocycles. The fourth-order valence-corrected chi connectivity index (χ4v) is 11.1. The summed E-state index contributed by atoms with van der Waals surface area (Å²) < 4.78 is 79.9. The molecule has 2 fully saturated rings. The molecule has 14 heteroatoms. The first-order valence-corrected chi connectivity index (χ1v) is 28.2. The van der Waals surface area contributed by atoms with E-state index in [1.54, 1.807) is 12.1 Å². The quantitative estimate of drug-likeness (QED) is 0.0439. The van der Waals surface area contributed by atoms with Crippen LogP contribution in [0, 0.1) is 23.5 Å². The highest BCUT2D eigenvalue weighted by atomic mass is 31.1. The Bertz CT molecular complexity index is 2700. The summed E-state index contributed by atoms with van der Waals surface area (Å²) in [6.45, 7) is 19.9. The molecule has 2 saturated carbocycles. The van der Waals surface area contributed by atoms with Crippen LogP contribution in [0.15, 0.2) is 109 Å². The molecule has 2 aromatic heterocycles. The SMILES string of the molecule is COc1cc(-c2ccc(COc3cccc(C(CO[PH](=O)OCC(c4cccc(OCc5ccc(-c6cc(OC)ncc6F)c(CN(C(C)C)C(C)C)c5)c4)C4CC4)C4CC4)c3)cc2CN(C(C)C)C(C)C)c(F)cn1. The standard InChI is InChI=1S/C62H77F2N4O7P/c1-39(2)67(40(3)4)33-49-25-43(17-23-53(49)55-29-61(70-9)65-31-59(55)63)35-72-51-15-11-13-47(27-51)57(45-19-20-45)37-74-76(69)75-38-58(46-21-22-46)48-14-12-16-52(28-48)73-36-44-18-24-54(56-30-62(71-10)66-32-60(56)64)50(26-44)34-68(41(5)6)42(7)8/h11-18,23-32,39-42,45-46,57-58,76H,19-22,33-38H2,1-10H3. The summed E-state index contributed by atoms with van der Waals surface area (Å²) in [5.74, 6) is 2.29. The maximum atomic E-state index is 15.3. The van der Waals surface area contributed by atoms with Crippen LogP contribution >= 0.6 is 8.25 Å². The number of hydrogen-bond acceptors (Lipinski definition) is 11. The van der Waals surface area contributed by atoms with Gasteiger partial charge in [-0.05, 0) is 162 Å². The molecule has 0 saturated heterocycles. The first-order chi connectivity index (χ1) is 36.6. The monoisotopic (exact) mass is 1060 g/mol. The maximum Gasteiger partial charge on any atom is 0.319 e. The van der Waals surface area contributed by atoms with E-state index >= 15 is 8.78 Å². The third kappa shape index (κ3) is 14.9. The molecular weight excluding hydrogens is 982 g/mol. The number of ether oxygens (including phenoxy) is 4. The second kappa shape index (κ2) is 26.1. The molecule has 2 atom stereocenters. The van der Waals surface area contributed by atoms with Gasteiger partial charge in [0, 0.05) is 72.4 Å². The number of halogens is 2. The normalized spacial score (nSPS) is 15.0. The maximum absolute atomic E-state index is 15.3. The number of aromatic nitrogens is 2. The fraction of sp³-hybridized carbons (Fsp3) is 0.452. The van der Waals surface area contributed by atoms with Gasteiger partial charge in [-0.1, -0.05) is 60.7 Å². The predicted molar refractivity (Wildman–Crippen MR) is 297 cm³/mol. The lowest BCUT2D eigenvalue weighted by molar-refractivity contribution is 0.166. The Morgan fingerprint density at radius 3 is 1.29 bits per heavy atom. The highest BCUT2D eigenvalue weighted by Gasteiger charge is 2.35. The van der Waals surface area contributed by atoms with Crippen LogP contribution in [0.4, 0.5) is 8.78 Å². The summed E-state index contributed by atoms with van der Waals surface area (Å²) in [7, 11) is 0.251. The topological polar surface area (TPSA) is 105 Å². The van der Waals surface area contributed by atoms with Gasteiger partial charge in [0.2, 0.25) is 11.8 Å². The van der Waals surface area contributed by atoms with Gasteiger partial charge in [-0.2, -0.15) is 0 Å². The summed E-state index contributed by atoms with van der Waals surface area (Å²) in [6.07, 6.45) is 6.73. The number of hydrogen-bond donors (Lipinski definition) is 0. The Balaban J connectivity index is 0.892. The average molecular weight is 1060 g/mol. The molecule has 2 unspecified atom stereocenters. The Labute approximate surface area is 450 Å². The molecule has 76 heavy (non-hydrogen) atoms. The third-order valence-corrected chi connectivity index (χ3v) is 15.7. The van der Waals surface area contributed by atoms with Crippen LogP contribution in [0.3, 0.4) is 0 Å². The van der Waals surface area contributed by atoms with Gasteiger partial charge in [-0.3, -0.25) is 14.4 Å². The minimum absolute atomic E-state index is 0.0438. The second-order valence-electron chi connectivity index (χ2n) is 21.6. The number of nitrogens with zero attached hydrogens (tertiary/aromatic N) is 4.